The smallest absolute Gasteiger partial charge is 0.410 e. The van der Waals surface area contributed by atoms with E-state index in [0.717, 1.165) is 19.3 Å². The van der Waals surface area contributed by atoms with Gasteiger partial charge >= 0.3 is 6.09 Å². The molecule has 30 heavy (non-hydrogen) atoms. The van der Waals surface area contributed by atoms with E-state index >= 15 is 0 Å². The summed E-state index contributed by atoms with van der Waals surface area (Å²) in [7, 11) is 3.90. The Morgan fingerprint density at radius 3 is 2.50 bits per heavy atom. The molecule has 160 valence electrons. The molecule has 1 aromatic heterocycles. The zero-order chi connectivity index (χ0) is 21.7. The molecule has 1 heterocycles. The summed E-state index contributed by atoms with van der Waals surface area (Å²) in [6.07, 6.45) is 4.93. The van der Waals surface area contributed by atoms with Crippen LogP contribution in [0.4, 0.5) is 4.79 Å². The number of unbranched alkanes of at least 4 members (excludes halogenated alkanes) is 1. The van der Waals surface area contributed by atoms with Gasteiger partial charge in [0.2, 0.25) is 0 Å². The fraction of sp³-hybridized carbons (Fsp3) is 0.400. The Bertz CT molecular complexity index is 1000. The Morgan fingerprint density at radius 2 is 1.73 bits per heavy atom. The first-order chi connectivity index (χ1) is 14.2. The van der Waals surface area contributed by atoms with Crippen molar-refractivity contribution in [1.29, 1.82) is 0 Å². The summed E-state index contributed by atoms with van der Waals surface area (Å²) in [4.78, 5) is 16.3. The molecule has 0 bridgehead atoms. The lowest BCUT2D eigenvalue weighted by molar-refractivity contribution is 0.0296. The van der Waals surface area contributed by atoms with E-state index in [2.05, 4.69) is 66.3 Å². The molecule has 0 N–H and O–H groups in total. The van der Waals surface area contributed by atoms with Crippen LogP contribution in [-0.4, -0.2) is 34.8 Å². The van der Waals surface area contributed by atoms with Gasteiger partial charge in [0.15, 0.2) is 0 Å². The Balaban J connectivity index is 1.59. The van der Waals surface area contributed by atoms with E-state index in [-0.39, 0.29) is 6.09 Å². The minimum absolute atomic E-state index is 0.255. The molecule has 0 unspecified atom stereocenters. The largest absolute Gasteiger partial charge is 0.444 e. The van der Waals surface area contributed by atoms with Gasteiger partial charge in [0, 0.05) is 47.5 Å². The molecule has 0 aliphatic rings. The van der Waals surface area contributed by atoms with Crippen molar-refractivity contribution in [2.24, 2.45) is 7.05 Å². The molecule has 0 aliphatic heterocycles. The van der Waals surface area contributed by atoms with Crippen molar-refractivity contribution in [1.82, 2.24) is 9.47 Å². The van der Waals surface area contributed by atoms with E-state index in [1.807, 2.05) is 32.5 Å². The maximum Gasteiger partial charge on any atom is 0.410 e. The van der Waals surface area contributed by atoms with Crippen LogP contribution in [0.15, 0.2) is 64.5 Å². The van der Waals surface area contributed by atoms with Crippen LogP contribution in [0.3, 0.4) is 0 Å². The molecule has 3 aromatic rings. The highest BCUT2D eigenvalue weighted by Crippen LogP contribution is 2.36. The number of hydrogen-bond donors (Lipinski definition) is 0. The van der Waals surface area contributed by atoms with Crippen LogP contribution < -0.4 is 0 Å². The maximum absolute atomic E-state index is 12.1. The van der Waals surface area contributed by atoms with Gasteiger partial charge in [-0.05, 0) is 57.7 Å². The quantitative estimate of drug-likeness (QED) is 0.405. The standard InChI is InChI=1S/C25H32N2O2S/c1-25(2,3)29-24(28)26(4)17-11-10-13-19-12-6-9-16-22(19)30-23-18-27(5)21-15-8-7-14-20(21)23/h6-9,12,14-16,18H,10-11,13,17H2,1-5H3. The van der Waals surface area contributed by atoms with Gasteiger partial charge in [0.05, 0.1) is 0 Å². The zero-order valence-corrected chi connectivity index (χ0v) is 19.5. The van der Waals surface area contributed by atoms with Crippen LogP contribution in [0.25, 0.3) is 10.9 Å². The summed E-state index contributed by atoms with van der Waals surface area (Å²) in [5.74, 6) is 0. The van der Waals surface area contributed by atoms with E-state index < -0.39 is 5.60 Å². The van der Waals surface area contributed by atoms with Crippen LogP contribution in [0.1, 0.15) is 39.2 Å². The summed E-state index contributed by atoms with van der Waals surface area (Å²) < 4.78 is 7.61. The summed E-state index contributed by atoms with van der Waals surface area (Å²) in [6.45, 7) is 6.38. The van der Waals surface area contributed by atoms with Gasteiger partial charge in [-0.3, -0.25) is 0 Å². The second-order valence-corrected chi connectivity index (χ2v) is 9.77. The number of fused-ring (bicyclic) bond motifs is 1. The monoisotopic (exact) mass is 424 g/mol. The fourth-order valence-corrected chi connectivity index (χ4v) is 4.59. The van der Waals surface area contributed by atoms with Gasteiger partial charge in [-0.15, -0.1) is 0 Å². The molecule has 3 rings (SSSR count). The number of carbonyl (C=O) groups excluding carboxylic acids is 1. The van der Waals surface area contributed by atoms with Crippen LogP contribution in [0.2, 0.25) is 0 Å². The molecule has 0 aliphatic carbocycles. The van der Waals surface area contributed by atoms with Gasteiger partial charge in [-0.25, -0.2) is 4.79 Å². The number of nitrogens with zero attached hydrogens (tertiary/aromatic N) is 2. The molecule has 0 saturated carbocycles. The molecule has 0 atom stereocenters. The van der Waals surface area contributed by atoms with Crippen molar-refractivity contribution in [2.45, 2.75) is 55.4 Å². The third kappa shape index (κ3) is 5.82. The van der Waals surface area contributed by atoms with Crippen LogP contribution >= 0.6 is 11.8 Å². The van der Waals surface area contributed by atoms with E-state index in [4.69, 9.17) is 4.74 Å². The molecule has 4 nitrogen and oxygen atoms in total. The molecule has 2 aromatic carbocycles. The number of ether oxygens (including phenoxy) is 1. The normalized spacial score (nSPS) is 11.6. The first-order valence-electron chi connectivity index (χ1n) is 10.5. The predicted octanol–water partition coefficient (Wildman–Crippen LogP) is 6.52. The number of carbonyl (C=O) groups is 1. The van der Waals surface area contributed by atoms with Crippen molar-refractivity contribution in [3.05, 3.63) is 60.3 Å². The van der Waals surface area contributed by atoms with Gasteiger partial charge in [-0.2, -0.15) is 0 Å². The Morgan fingerprint density at radius 1 is 1.03 bits per heavy atom. The summed E-state index contributed by atoms with van der Waals surface area (Å²) in [5.41, 5.74) is 2.15. The molecular weight excluding hydrogens is 392 g/mol. The molecule has 1 amide bonds. The first kappa shape index (κ1) is 22.3. The maximum atomic E-state index is 12.1. The molecule has 0 saturated heterocycles. The highest BCUT2D eigenvalue weighted by Gasteiger charge is 2.19. The number of rotatable bonds is 7. The van der Waals surface area contributed by atoms with Crippen molar-refractivity contribution >= 4 is 28.8 Å². The minimum Gasteiger partial charge on any atom is -0.444 e. The number of aryl methyl sites for hydroxylation is 2. The highest BCUT2D eigenvalue weighted by molar-refractivity contribution is 7.99. The third-order valence-electron chi connectivity index (χ3n) is 4.95. The molecule has 0 spiro atoms. The zero-order valence-electron chi connectivity index (χ0n) is 18.6. The Hall–Kier alpha value is -2.40. The second-order valence-electron chi connectivity index (χ2n) is 8.69. The van der Waals surface area contributed by atoms with Gasteiger partial charge in [0.25, 0.3) is 0 Å². The van der Waals surface area contributed by atoms with Crippen molar-refractivity contribution in [3.63, 3.8) is 0 Å². The van der Waals surface area contributed by atoms with Crippen molar-refractivity contribution < 1.29 is 9.53 Å². The lowest BCUT2D eigenvalue weighted by atomic mass is 10.1. The Kier molecular flexibility index (Phi) is 7.14. The number of para-hydroxylation sites is 1. The van der Waals surface area contributed by atoms with Crippen LogP contribution in [-0.2, 0) is 18.2 Å². The molecular formula is C25H32N2O2S. The van der Waals surface area contributed by atoms with E-state index in [1.165, 1.54) is 26.3 Å². The predicted molar refractivity (Wildman–Crippen MR) is 125 cm³/mol. The highest BCUT2D eigenvalue weighted by atomic mass is 32.2. The lowest BCUT2D eigenvalue weighted by Crippen LogP contribution is -2.34. The number of benzene rings is 2. The first-order valence-corrected chi connectivity index (χ1v) is 11.3. The Labute approximate surface area is 184 Å². The molecule has 5 heteroatoms. The fourth-order valence-electron chi connectivity index (χ4n) is 3.41. The summed E-state index contributed by atoms with van der Waals surface area (Å²) >= 11 is 1.83. The van der Waals surface area contributed by atoms with Crippen molar-refractivity contribution in [3.8, 4) is 0 Å². The average molecular weight is 425 g/mol. The lowest BCUT2D eigenvalue weighted by Gasteiger charge is -2.24. The van der Waals surface area contributed by atoms with Crippen LogP contribution in [0.5, 0.6) is 0 Å². The molecule has 0 radical (unpaired) electrons. The van der Waals surface area contributed by atoms with E-state index in [0.29, 0.717) is 6.54 Å². The number of hydrogen-bond acceptors (Lipinski definition) is 3. The summed E-state index contributed by atoms with van der Waals surface area (Å²) in [5, 5.41) is 1.29. The second kappa shape index (κ2) is 9.61. The van der Waals surface area contributed by atoms with Gasteiger partial charge in [-0.1, -0.05) is 48.2 Å². The number of amides is 1. The van der Waals surface area contributed by atoms with Gasteiger partial charge < -0.3 is 14.2 Å². The summed E-state index contributed by atoms with van der Waals surface area (Å²) in [6, 6.07) is 17.2. The minimum atomic E-state index is -0.455. The molecule has 0 fully saturated rings. The van der Waals surface area contributed by atoms with Crippen molar-refractivity contribution in [2.75, 3.05) is 13.6 Å². The topological polar surface area (TPSA) is 34.5 Å². The SMILES string of the molecule is CN(CCCCc1ccccc1Sc1cn(C)c2ccccc12)C(=O)OC(C)(C)C. The third-order valence-corrected chi connectivity index (χ3v) is 6.11. The van der Waals surface area contributed by atoms with E-state index in [1.54, 1.807) is 11.9 Å². The average Bonchev–Trinajstić information content (AvgIpc) is 3.01. The van der Waals surface area contributed by atoms with Crippen LogP contribution in [0, 0.1) is 0 Å². The van der Waals surface area contributed by atoms with E-state index in [9.17, 15) is 4.79 Å². The number of aromatic nitrogens is 1. The van der Waals surface area contributed by atoms with Gasteiger partial charge in [0.1, 0.15) is 5.60 Å².